The van der Waals surface area contributed by atoms with E-state index in [1.54, 1.807) is 6.92 Å². The van der Waals surface area contributed by atoms with Crippen LogP contribution in [-0.2, 0) is 28.8 Å². The first-order valence-corrected chi connectivity index (χ1v) is 14.9. The molecular weight excluding hydrogens is 544 g/mol. The maximum absolute atomic E-state index is 14.4. The molecule has 3 aliphatic heterocycles. The van der Waals surface area contributed by atoms with E-state index in [0.29, 0.717) is 12.8 Å². The smallest absolute Gasteiger partial charge is 0.240 e. The van der Waals surface area contributed by atoms with Gasteiger partial charge in [-0.05, 0) is 44.9 Å². The third-order valence-electron chi connectivity index (χ3n) is 9.94. The molecule has 4 amide bonds. The van der Waals surface area contributed by atoms with E-state index >= 15 is 0 Å². The molecule has 1 spiro atoms. The molecule has 1 aliphatic carbocycles. The monoisotopic (exact) mass is 588 g/mol. The lowest BCUT2D eigenvalue weighted by molar-refractivity contribution is -0.152. The highest BCUT2D eigenvalue weighted by atomic mass is 16.2. The van der Waals surface area contributed by atoms with E-state index in [-0.39, 0.29) is 68.6 Å². The van der Waals surface area contributed by atoms with Crippen LogP contribution in [0, 0.1) is 22.7 Å². The second-order valence-electron chi connectivity index (χ2n) is 12.4. The van der Waals surface area contributed by atoms with Gasteiger partial charge in [0.05, 0.1) is 18.0 Å². The zero-order valence-electron chi connectivity index (χ0n) is 24.4. The van der Waals surface area contributed by atoms with Gasteiger partial charge in [0.15, 0.2) is 17.5 Å². The summed E-state index contributed by atoms with van der Waals surface area (Å²) in [6.07, 6.45) is 3.35. The van der Waals surface area contributed by atoms with Crippen molar-refractivity contribution in [3.05, 3.63) is 0 Å². The Balaban J connectivity index is 1.67. The maximum atomic E-state index is 14.4. The van der Waals surface area contributed by atoms with Crippen LogP contribution in [0.2, 0.25) is 0 Å². The highest BCUT2D eigenvalue weighted by Crippen LogP contribution is 2.54. The first kappa shape index (κ1) is 31.4. The summed E-state index contributed by atoms with van der Waals surface area (Å²) in [5.41, 5.74) is 13.9. The number of nitrogens with two attached hydrogens (primary N) is 3. The number of amides is 4. The molecule has 232 valence electrons. The van der Waals surface area contributed by atoms with E-state index in [1.165, 1.54) is 0 Å². The minimum absolute atomic E-state index is 0.0360. The molecule has 42 heavy (non-hydrogen) atoms. The van der Waals surface area contributed by atoms with Crippen molar-refractivity contribution in [1.29, 1.82) is 0 Å². The molecule has 14 nitrogen and oxygen atoms in total. The molecule has 4 aliphatic rings. The van der Waals surface area contributed by atoms with E-state index in [4.69, 9.17) is 17.2 Å². The summed E-state index contributed by atoms with van der Waals surface area (Å²) >= 11 is 0. The molecule has 8 atom stereocenters. The fourth-order valence-corrected chi connectivity index (χ4v) is 7.50. The Morgan fingerprint density at radius 3 is 2.26 bits per heavy atom. The van der Waals surface area contributed by atoms with Crippen LogP contribution in [-0.4, -0.2) is 78.4 Å². The normalized spacial score (nSPS) is 36.3. The molecule has 0 aromatic rings. The number of nitrogens with one attached hydrogen (secondary N) is 4. The van der Waals surface area contributed by atoms with Crippen molar-refractivity contribution < 1.29 is 28.8 Å². The number of aliphatic imine (C=N–C) groups is 1. The second kappa shape index (κ2) is 12.4. The van der Waals surface area contributed by atoms with Gasteiger partial charge >= 0.3 is 0 Å². The van der Waals surface area contributed by atoms with Gasteiger partial charge in [0.1, 0.15) is 12.1 Å². The Hall–Kier alpha value is -3.55. The van der Waals surface area contributed by atoms with Gasteiger partial charge in [0.25, 0.3) is 0 Å². The van der Waals surface area contributed by atoms with Crippen molar-refractivity contribution in [3.63, 3.8) is 0 Å². The average Bonchev–Trinajstić information content (AvgIpc) is 3.04. The van der Waals surface area contributed by atoms with Gasteiger partial charge in [-0.2, -0.15) is 0 Å². The number of nitrogens with zero attached hydrogens (tertiary/aromatic N) is 1. The fourth-order valence-electron chi connectivity index (χ4n) is 7.50. The summed E-state index contributed by atoms with van der Waals surface area (Å²) in [5.74, 6) is -4.33. The van der Waals surface area contributed by atoms with Crippen LogP contribution in [0.15, 0.2) is 4.99 Å². The third-order valence-corrected chi connectivity index (χ3v) is 9.94. The number of Topliss-reactive ketones (excluding diaryl/α,β-unsaturated/α-hetero) is 2. The molecule has 0 radical (unpaired) electrons. The highest BCUT2D eigenvalue weighted by Gasteiger charge is 2.63. The van der Waals surface area contributed by atoms with Gasteiger partial charge in [0.2, 0.25) is 23.6 Å². The molecule has 0 aromatic carbocycles. The van der Waals surface area contributed by atoms with E-state index in [9.17, 15) is 28.8 Å². The van der Waals surface area contributed by atoms with Crippen LogP contribution < -0.4 is 38.5 Å². The lowest BCUT2D eigenvalue weighted by Gasteiger charge is -2.45. The number of rotatable bonds is 10. The van der Waals surface area contributed by atoms with Crippen molar-refractivity contribution in [2.45, 2.75) is 95.8 Å². The Morgan fingerprint density at radius 2 is 1.62 bits per heavy atom. The number of piperidine rings is 2. The van der Waals surface area contributed by atoms with Crippen LogP contribution in [0.5, 0.6) is 0 Å². The molecule has 4 rings (SSSR count). The average molecular weight is 589 g/mol. The minimum Gasteiger partial charge on any atom is -0.370 e. The van der Waals surface area contributed by atoms with Crippen molar-refractivity contribution >= 4 is 41.2 Å². The standard InChI is InChI=1S/C28H44N8O6/c1-3-4-7-16-25(42)36-19(13-33-16)21(38)27-8-9-28(20(37)17(11-27)34-23(40)14(27)2)12-18(22(29)39)35-24(41)15(28)6-5-10-32-26(30)31/h14-19,33H,3-13H2,1-2H3,(H2,29,39)(H,34,40)(H,35,41)(H,36,42)(H4,30,31,32)/t14-,15-,16-,17+,18+,19+,27?,28?/m0/s1. The predicted molar refractivity (Wildman–Crippen MR) is 152 cm³/mol. The van der Waals surface area contributed by atoms with Crippen LogP contribution in [0.1, 0.15) is 71.6 Å². The molecule has 4 fully saturated rings. The largest absolute Gasteiger partial charge is 0.370 e. The van der Waals surface area contributed by atoms with Gasteiger partial charge in [-0.3, -0.25) is 33.8 Å². The maximum Gasteiger partial charge on any atom is 0.240 e. The molecule has 0 aromatic heterocycles. The lowest BCUT2D eigenvalue weighted by Crippen LogP contribution is -2.66. The summed E-state index contributed by atoms with van der Waals surface area (Å²) in [6, 6.07) is -3.37. The number of ketones is 2. The molecule has 10 N–H and O–H groups in total. The summed E-state index contributed by atoms with van der Waals surface area (Å²) in [5, 5.41) is 11.5. The number of primary amides is 1. The topological polar surface area (TPSA) is 241 Å². The van der Waals surface area contributed by atoms with Crippen molar-refractivity contribution in [3.8, 4) is 0 Å². The molecule has 2 unspecified atom stereocenters. The number of guanidine groups is 1. The Morgan fingerprint density at radius 1 is 0.905 bits per heavy atom. The van der Waals surface area contributed by atoms with Gasteiger partial charge < -0.3 is 38.5 Å². The third kappa shape index (κ3) is 5.72. The second-order valence-corrected chi connectivity index (χ2v) is 12.4. The molecular formula is C28H44N8O6. The van der Waals surface area contributed by atoms with Crippen molar-refractivity contribution in [1.82, 2.24) is 21.3 Å². The van der Waals surface area contributed by atoms with E-state index in [2.05, 4.69) is 26.3 Å². The van der Waals surface area contributed by atoms with Crippen LogP contribution in [0.25, 0.3) is 0 Å². The van der Waals surface area contributed by atoms with E-state index in [0.717, 1.165) is 12.8 Å². The number of fused-ring (bicyclic) bond motifs is 2. The number of hydrogen-bond donors (Lipinski definition) is 7. The quantitative estimate of drug-likeness (QED) is 0.0855. The number of piperazine rings is 1. The SMILES string of the molecule is CCCC[C@@H]1NC[C@H](C(=O)C23CCC4(C[C@H](C(N)=O)NC(=O)[C@@H]4CCCN=C(N)N)C(=O)[C@@H](C2)NC(=O)[C@@H]3C)NC1=O. The highest BCUT2D eigenvalue weighted by molar-refractivity contribution is 6.05. The zero-order chi connectivity index (χ0) is 30.8. The van der Waals surface area contributed by atoms with Crippen LogP contribution in [0.3, 0.4) is 0 Å². The molecule has 14 heteroatoms. The Kier molecular flexibility index (Phi) is 9.24. The number of carbonyl (C=O) groups excluding carboxylic acids is 6. The minimum atomic E-state index is -1.34. The fraction of sp³-hybridized carbons (Fsp3) is 0.750. The lowest BCUT2D eigenvalue weighted by atomic mass is 9.60. The van der Waals surface area contributed by atoms with Gasteiger partial charge in [-0.25, -0.2) is 0 Å². The molecule has 2 bridgehead atoms. The molecule has 3 heterocycles. The van der Waals surface area contributed by atoms with Crippen LogP contribution in [0.4, 0.5) is 0 Å². The first-order chi connectivity index (χ1) is 19.9. The zero-order valence-corrected chi connectivity index (χ0v) is 24.4. The molecule has 1 saturated carbocycles. The number of unbranched alkanes of at least 4 members (excludes halogenated alkanes) is 1. The summed E-state index contributed by atoms with van der Waals surface area (Å²) in [4.78, 5) is 84.5. The van der Waals surface area contributed by atoms with E-state index < -0.39 is 64.6 Å². The summed E-state index contributed by atoms with van der Waals surface area (Å²) in [6.45, 7) is 4.16. The number of hydrogen-bond acceptors (Lipinski definition) is 8. The van der Waals surface area contributed by atoms with E-state index in [1.807, 2.05) is 6.92 Å². The summed E-state index contributed by atoms with van der Waals surface area (Å²) < 4.78 is 0. The number of carbonyl (C=O) groups is 6. The predicted octanol–water partition coefficient (Wildman–Crippen LogP) is -1.89. The van der Waals surface area contributed by atoms with Gasteiger partial charge in [0, 0.05) is 29.8 Å². The Bertz CT molecular complexity index is 1170. The van der Waals surface area contributed by atoms with Crippen molar-refractivity contribution in [2.24, 2.45) is 44.9 Å². The summed E-state index contributed by atoms with van der Waals surface area (Å²) in [7, 11) is 0. The van der Waals surface area contributed by atoms with Gasteiger partial charge in [-0.1, -0.05) is 26.7 Å². The van der Waals surface area contributed by atoms with Crippen molar-refractivity contribution in [2.75, 3.05) is 13.1 Å². The Labute approximate surface area is 245 Å². The van der Waals surface area contributed by atoms with Crippen LogP contribution >= 0.6 is 0 Å². The van der Waals surface area contributed by atoms with Gasteiger partial charge in [-0.15, -0.1) is 0 Å². The molecule has 3 saturated heterocycles. The first-order valence-electron chi connectivity index (χ1n) is 14.9.